The summed E-state index contributed by atoms with van der Waals surface area (Å²) in [6, 6.07) is 7.20. The Labute approximate surface area is 117 Å². The SMILES string of the molecule is CC(CCl)C(=O)Nc1ccc(C(=O)NC2CC2)cc1. The maximum atomic E-state index is 11.8. The number of amides is 2. The van der Waals surface area contributed by atoms with Crippen molar-refractivity contribution in [2.24, 2.45) is 5.92 Å². The Kier molecular flexibility index (Phi) is 4.43. The number of alkyl halides is 1. The van der Waals surface area contributed by atoms with E-state index in [1.165, 1.54) is 0 Å². The first-order chi connectivity index (χ1) is 9.10. The van der Waals surface area contributed by atoms with Crippen molar-refractivity contribution in [2.75, 3.05) is 11.2 Å². The number of nitrogens with one attached hydrogen (secondary N) is 2. The molecule has 4 nitrogen and oxygen atoms in total. The summed E-state index contributed by atoms with van der Waals surface area (Å²) < 4.78 is 0. The molecular weight excluding hydrogens is 264 g/mol. The van der Waals surface area contributed by atoms with E-state index < -0.39 is 0 Å². The van der Waals surface area contributed by atoms with Gasteiger partial charge in [0.25, 0.3) is 5.91 Å². The topological polar surface area (TPSA) is 58.2 Å². The third kappa shape index (κ3) is 3.96. The van der Waals surface area contributed by atoms with Crippen molar-refractivity contribution >= 4 is 29.1 Å². The van der Waals surface area contributed by atoms with E-state index in [-0.39, 0.29) is 23.6 Å². The van der Waals surface area contributed by atoms with Crippen LogP contribution in [0.15, 0.2) is 24.3 Å². The van der Waals surface area contributed by atoms with E-state index in [9.17, 15) is 9.59 Å². The second kappa shape index (κ2) is 6.06. The smallest absolute Gasteiger partial charge is 0.251 e. The monoisotopic (exact) mass is 280 g/mol. The van der Waals surface area contributed by atoms with Gasteiger partial charge in [-0.2, -0.15) is 0 Å². The molecule has 1 saturated carbocycles. The van der Waals surface area contributed by atoms with Crippen LogP contribution in [-0.2, 0) is 4.79 Å². The highest BCUT2D eigenvalue weighted by molar-refractivity contribution is 6.19. The summed E-state index contributed by atoms with van der Waals surface area (Å²) in [5.41, 5.74) is 1.28. The Morgan fingerprint density at radius 1 is 1.32 bits per heavy atom. The van der Waals surface area contributed by atoms with Gasteiger partial charge in [-0.15, -0.1) is 11.6 Å². The molecule has 5 heteroatoms. The van der Waals surface area contributed by atoms with Crippen molar-refractivity contribution in [2.45, 2.75) is 25.8 Å². The molecule has 0 heterocycles. The van der Waals surface area contributed by atoms with Gasteiger partial charge in [0.15, 0.2) is 0 Å². The van der Waals surface area contributed by atoms with Gasteiger partial charge >= 0.3 is 0 Å². The normalized spacial score (nSPS) is 15.7. The largest absolute Gasteiger partial charge is 0.349 e. The van der Waals surface area contributed by atoms with Crippen LogP contribution in [0.25, 0.3) is 0 Å². The van der Waals surface area contributed by atoms with Crippen molar-refractivity contribution in [1.82, 2.24) is 5.32 Å². The van der Waals surface area contributed by atoms with E-state index in [2.05, 4.69) is 10.6 Å². The summed E-state index contributed by atoms with van der Waals surface area (Å²) >= 11 is 5.62. The number of hydrogen-bond donors (Lipinski definition) is 2. The summed E-state index contributed by atoms with van der Waals surface area (Å²) in [6.45, 7) is 1.76. The third-order valence-corrected chi connectivity index (χ3v) is 3.47. The van der Waals surface area contributed by atoms with Crippen LogP contribution in [-0.4, -0.2) is 23.7 Å². The van der Waals surface area contributed by atoms with Crippen LogP contribution in [0, 0.1) is 5.92 Å². The molecule has 0 bridgehead atoms. The maximum absolute atomic E-state index is 11.8. The molecule has 1 aliphatic rings. The molecule has 2 N–H and O–H groups in total. The standard InChI is InChI=1S/C14H17ClN2O2/c1-9(8-15)13(18)16-11-4-2-10(3-5-11)14(19)17-12-6-7-12/h2-5,9,12H,6-8H2,1H3,(H,16,18)(H,17,19). The molecule has 0 saturated heterocycles. The highest BCUT2D eigenvalue weighted by Crippen LogP contribution is 2.19. The summed E-state index contributed by atoms with van der Waals surface area (Å²) in [7, 11) is 0. The highest BCUT2D eigenvalue weighted by atomic mass is 35.5. The number of carbonyl (C=O) groups is 2. The molecule has 19 heavy (non-hydrogen) atoms. The van der Waals surface area contributed by atoms with Crippen molar-refractivity contribution < 1.29 is 9.59 Å². The second-order valence-electron chi connectivity index (χ2n) is 4.87. The zero-order valence-electron chi connectivity index (χ0n) is 10.8. The zero-order chi connectivity index (χ0) is 13.8. The van der Waals surface area contributed by atoms with Crippen LogP contribution in [0.2, 0.25) is 0 Å². The molecule has 1 unspecified atom stereocenters. The number of benzene rings is 1. The van der Waals surface area contributed by atoms with Gasteiger partial charge in [0.05, 0.1) is 0 Å². The molecule has 1 atom stereocenters. The zero-order valence-corrected chi connectivity index (χ0v) is 11.5. The molecular formula is C14H17ClN2O2. The van der Waals surface area contributed by atoms with Crippen LogP contribution >= 0.6 is 11.6 Å². The van der Waals surface area contributed by atoms with Crippen LogP contribution < -0.4 is 10.6 Å². The molecule has 2 rings (SSSR count). The van der Waals surface area contributed by atoms with Crippen LogP contribution in [0.3, 0.4) is 0 Å². The first kappa shape index (κ1) is 13.9. The van der Waals surface area contributed by atoms with Gasteiger partial charge < -0.3 is 10.6 Å². The van der Waals surface area contributed by atoms with Crippen LogP contribution in [0.4, 0.5) is 5.69 Å². The number of anilines is 1. The average molecular weight is 281 g/mol. The van der Waals surface area contributed by atoms with Gasteiger partial charge in [0, 0.05) is 29.1 Å². The number of hydrogen-bond acceptors (Lipinski definition) is 2. The van der Waals surface area contributed by atoms with Gasteiger partial charge in [0.2, 0.25) is 5.91 Å². The lowest BCUT2D eigenvalue weighted by Gasteiger charge is -2.10. The van der Waals surface area contributed by atoms with Crippen molar-refractivity contribution in [3.05, 3.63) is 29.8 Å². The van der Waals surface area contributed by atoms with Crippen molar-refractivity contribution in [1.29, 1.82) is 0 Å². The fourth-order valence-corrected chi connectivity index (χ4v) is 1.68. The van der Waals surface area contributed by atoms with E-state index in [0.29, 0.717) is 17.3 Å². The molecule has 1 fully saturated rings. The fourth-order valence-electron chi connectivity index (χ4n) is 1.54. The van der Waals surface area contributed by atoms with E-state index in [0.717, 1.165) is 12.8 Å². The quantitative estimate of drug-likeness (QED) is 0.814. The number of halogens is 1. The Morgan fingerprint density at radius 2 is 1.95 bits per heavy atom. The van der Waals surface area contributed by atoms with Gasteiger partial charge in [-0.1, -0.05) is 6.92 Å². The summed E-state index contributed by atoms with van der Waals surface area (Å²) in [4.78, 5) is 23.4. The van der Waals surface area contributed by atoms with Crippen LogP contribution in [0.5, 0.6) is 0 Å². The third-order valence-electron chi connectivity index (χ3n) is 3.01. The first-order valence-electron chi connectivity index (χ1n) is 6.38. The van der Waals surface area contributed by atoms with Gasteiger partial charge in [-0.25, -0.2) is 0 Å². The first-order valence-corrected chi connectivity index (χ1v) is 6.91. The number of rotatable bonds is 5. The summed E-state index contributed by atoms with van der Waals surface area (Å²) in [6.07, 6.45) is 2.13. The predicted octanol–water partition coefficient (Wildman–Crippen LogP) is 2.39. The molecule has 0 radical (unpaired) electrons. The fraction of sp³-hybridized carbons (Fsp3) is 0.429. The molecule has 2 amide bonds. The second-order valence-corrected chi connectivity index (χ2v) is 5.18. The molecule has 1 aromatic rings. The summed E-state index contributed by atoms with van der Waals surface area (Å²) in [5, 5.41) is 5.67. The Balaban J connectivity index is 1.93. The molecule has 1 aliphatic carbocycles. The molecule has 1 aromatic carbocycles. The minimum Gasteiger partial charge on any atom is -0.349 e. The average Bonchev–Trinajstić information content (AvgIpc) is 3.22. The lowest BCUT2D eigenvalue weighted by atomic mass is 10.1. The highest BCUT2D eigenvalue weighted by Gasteiger charge is 2.23. The van der Waals surface area contributed by atoms with Gasteiger partial charge in [-0.05, 0) is 37.1 Å². The Hall–Kier alpha value is -1.55. The maximum Gasteiger partial charge on any atom is 0.251 e. The van der Waals surface area contributed by atoms with Crippen molar-refractivity contribution in [3.8, 4) is 0 Å². The van der Waals surface area contributed by atoms with E-state index in [1.54, 1.807) is 31.2 Å². The minimum atomic E-state index is -0.237. The van der Waals surface area contributed by atoms with E-state index >= 15 is 0 Å². The predicted molar refractivity (Wildman–Crippen MR) is 75.4 cm³/mol. The summed E-state index contributed by atoms with van der Waals surface area (Å²) in [5.74, 6) is -0.132. The molecule has 0 aliphatic heterocycles. The molecule has 0 spiro atoms. The minimum absolute atomic E-state index is 0.0606. The molecule has 102 valence electrons. The van der Waals surface area contributed by atoms with E-state index in [1.807, 2.05) is 0 Å². The number of carbonyl (C=O) groups excluding carboxylic acids is 2. The Morgan fingerprint density at radius 3 is 2.47 bits per heavy atom. The van der Waals surface area contributed by atoms with Gasteiger partial charge in [-0.3, -0.25) is 9.59 Å². The van der Waals surface area contributed by atoms with Crippen molar-refractivity contribution in [3.63, 3.8) is 0 Å². The molecule has 0 aromatic heterocycles. The lowest BCUT2D eigenvalue weighted by Crippen LogP contribution is -2.25. The van der Waals surface area contributed by atoms with E-state index in [4.69, 9.17) is 11.6 Å². The van der Waals surface area contributed by atoms with Crippen LogP contribution in [0.1, 0.15) is 30.1 Å². The Bertz CT molecular complexity index is 469. The lowest BCUT2D eigenvalue weighted by molar-refractivity contribution is -0.118. The van der Waals surface area contributed by atoms with Gasteiger partial charge in [0.1, 0.15) is 0 Å².